The third-order valence-corrected chi connectivity index (χ3v) is 6.10. The minimum absolute atomic E-state index is 0.248. The van der Waals surface area contributed by atoms with Gasteiger partial charge in [0.25, 0.3) is 0 Å². The quantitative estimate of drug-likeness (QED) is 0.736. The van der Waals surface area contributed by atoms with Crippen LogP contribution in [0.4, 0.5) is 5.69 Å². The van der Waals surface area contributed by atoms with Crippen LogP contribution in [0, 0.1) is 11.8 Å². The fraction of sp³-hybridized carbons (Fsp3) is 0.500. The fourth-order valence-electron chi connectivity index (χ4n) is 4.71. The van der Waals surface area contributed by atoms with Gasteiger partial charge in [-0.2, -0.15) is 0 Å². The molecule has 1 aromatic carbocycles. The number of halogens is 1. The summed E-state index contributed by atoms with van der Waals surface area (Å²) in [6, 6.07) is 3.20. The predicted octanol–water partition coefficient (Wildman–Crippen LogP) is 2.32. The third-order valence-electron chi connectivity index (χ3n) is 5.79. The lowest BCUT2D eigenvalue weighted by atomic mass is 9.69. The van der Waals surface area contributed by atoms with Crippen molar-refractivity contribution in [2.45, 2.75) is 37.9 Å². The molecule has 0 N–H and O–H groups in total. The summed E-state index contributed by atoms with van der Waals surface area (Å²) in [7, 11) is 0. The van der Waals surface area contributed by atoms with Gasteiger partial charge in [0.2, 0.25) is 11.8 Å². The van der Waals surface area contributed by atoms with Crippen molar-refractivity contribution in [2.75, 3.05) is 4.90 Å². The number of nitrogens with zero attached hydrogens (tertiary/aromatic N) is 3. The zero-order chi connectivity index (χ0) is 16.9. The van der Waals surface area contributed by atoms with Gasteiger partial charge in [0.1, 0.15) is 0 Å². The van der Waals surface area contributed by atoms with Gasteiger partial charge in [0.05, 0.1) is 33.7 Å². The second kappa shape index (κ2) is 4.15. The number of amides is 2. The monoisotopic (exact) mass is 347 g/mol. The van der Waals surface area contributed by atoms with Gasteiger partial charge < -0.3 is 4.74 Å². The van der Waals surface area contributed by atoms with Gasteiger partial charge in [-0.15, -0.1) is 0 Å². The predicted molar refractivity (Wildman–Crippen MR) is 83.4 cm³/mol. The van der Waals surface area contributed by atoms with Gasteiger partial charge in [0, 0.05) is 0 Å². The first-order chi connectivity index (χ1) is 11.4. The van der Waals surface area contributed by atoms with Crippen molar-refractivity contribution in [2.24, 2.45) is 11.8 Å². The molecule has 3 fully saturated rings. The SMILES string of the molecule is C[C@@]12CC[C@](C)(O1)C1C(=O)N(c3ccc(Cl)c4nonc34)C(=O)C12. The Balaban J connectivity index is 1.68. The molecule has 2 unspecified atom stereocenters. The van der Waals surface area contributed by atoms with E-state index in [0.29, 0.717) is 21.7 Å². The Hall–Kier alpha value is -1.99. The van der Waals surface area contributed by atoms with Gasteiger partial charge in [0.15, 0.2) is 11.0 Å². The van der Waals surface area contributed by atoms with Crippen LogP contribution >= 0.6 is 11.6 Å². The molecule has 5 rings (SSSR count). The van der Waals surface area contributed by atoms with E-state index in [1.165, 1.54) is 4.90 Å². The number of hydrogen-bond acceptors (Lipinski definition) is 6. The highest BCUT2D eigenvalue weighted by Gasteiger charge is 2.72. The van der Waals surface area contributed by atoms with E-state index >= 15 is 0 Å². The Labute approximate surface area is 141 Å². The highest BCUT2D eigenvalue weighted by molar-refractivity contribution is 6.36. The molecule has 124 valence electrons. The summed E-state index contributed by atoms with van der Waals surface area (Å²) in [4.78, 5) is 27.4. The van der Waals surface area contributed by atoms with Crippen molar-refractivity contribution in [3.05, 3.63) is 17.2 Å². The average Bonchev–Trinajstić information content (AvgIpc) is 3.23. The maximum absolute atomic E-state index is 13.1. The van der Waals surface area contributed by atoms with E-state index in [2.05, 4.69) is 10.3 Å². The molecule has 8 heteroatoms. The van der Waals surface area contributed by atoms with Crippen molar-refractivity contribution >= 4 is 40.1 Å². The van der Waals surface area contributed by atoms with E-state index in [4.69, 9.17) is 21.0 Å². The lowest BCUT2D eigenvalue weighted by Crippen LogP contribution is -2.40. The maximum atomic E-state index is 13.1. The van der Waals surface area contributed by atoms with Crippen molar-refractivity contribution in [3.8, 4) is 0 Å². The lowest BCUT2D eigenvalue weighted by molar-refractivity contribution is -0.129. The molecule has 2 bridgehead atoms. The number of carbonyl (C=O) groups is 2. The van der Waals surface area contributed by atoms with Gasteiger partial charge in [-0.05, 0) is 49.1 Å². The average molecular weight is 348 g/mol. The Morgan fingerprint density at radius 3 is 2.29 bits per heavy atom. The Kier molecular flexibility index (Phi) is 2.48. The Morgan fingerprint density at radius 1 is 1.08 bits per heavy atom. The van der Waals surface area contributed by atoms with Crippen molar-refractivity contribution in [1.29, 1.82) is 0 Å². The first kappa shape index (κ1) is 14.4. The normalized spacial score (nSPS) is 37.7. The van der Waals surface area contributed by atoms with Crippen molar-refractivity contribution in [3.63, 3.8) is 0 Å². The molecule has 0 radical (unpaired) electrons. The largest absolute Gasteiger partial charge is 0.367 e. The molecule has 0 spiro atoms. The van der Waals surface area contributed by atoms with Crippen LogP contribution in [0.1, 0.15) is 26.7 Å². The van der Waals surface area contributed by atoms with Crippen LogP contribution in [0.2, 0.25) is 5.02 Å². The molecule has 0 saturated carbocycles. The van der Waals surface area contributed by atoms with E-state index in [0.717, 1.165) is 12.8 Å². The molecular formula is C16H14ClN3O4. The molecule has 3 aliphatic rings. The van der Waals surface area contributed by atoms with Crippen molar-refractivity contribution in [1.82, 2.24) is 10.3 Å². The smallest absolute Gasteiger partial charge is 0.240 e. The number of aromatic nitrogens is 2. The van der Waals surface area contributed by atoms with Crippen LogP contribution in [-0.2, 0) is 14.3 Å². The summed E-state index contributed by atoms with van der Waals surface area (Å²) in [5.41, 5.74) is -0.161. The second-order valence-corrected chi connectivity index (χ2v) is 7.63. The number of benzene rings is 1. The highest BCUT2D eigenvalue weighted by Crippen LogP contribution is 2.61. The number of imide groups is 1. The van der Waals surface area contributed by atoms with Gasteiger partial charge in [-0.25, -0.2) is 9.53 Å². The number of hydrogen-bond donors (Lipinski definition) is 0. The van der Waals surface area contributed by atoms with Crippen LogP contribution < -0.4 is 4.90 Å². The Bertz CT molecular complexity index is 893. The molecule has 24 heavy (non-hydrogen) atoms. The molecule has 1 aromatic heterocycles. The van der Waals surface area contributed by atoms with E-state index in [1.54, 1.807) is 12.1 Å². The summed E-state index contributed by atoms with van der Waals surface area (Å²) in [6.45, 7) is 3.85. The number of ether oxygens (including phenoxy) is 1. The van der Waals surface area contributed by atoms with Crippen LogP contribution in [0.15, 0.2) is 16.8 Å². The minimum atomic E-state index is -0.589. The third kappa shape index (κ3) is 1.48. The summed E-state index contributed by atoms with van der Waals surface area (Å²) in [6.07, 6.45) is 1.55. The molecule has 4 heterocycles. The molecule has 4 atom stereocenters. The number of fused-ring (bicyclic) bond motifs is 6. The molecule has 3 saturated heterocycles. The van der Waals surface area contributed by atoms with Crippen LogP contribution in [0.25, 0.3) is 11.0 Å². The van der Waals surface area contributed by atoms with Gasteiger partial charge in [-0.3, -0.25) is 9.59 Å². The van der Waals surface area contributed by atoms with E-state index in [1.807, 2.05) is 13.8 Å². The summed E-state index contributed by atoms with van der Waals surface area (Å²) in [5, 5.41) is 7.94. The minimum Gasteiger partial charge on any atom is -0.367 e. The van der Waals surface area contributed by atoms with E-state index in [-0.39, 0.29) is 11.8 Å². The lowest BCUT2D eigenvalue weighted by Gasteiger charge is -2.27. The van der Waals surface area contributed by atoms with Gasteiger partial charge >= 0.3 is 0 Å². The first-order valence-corrected chi connectivity index (χ1v) is 8.22. The van der Waals surface area contributed by atoms with Gasteiger partial charge in [-0.1, -0.05) is 11.6 Å². The Morgan fingerprint density at radius 2 is 1.67 bits per heavy atom. The molecular weight excluding hydrogens is 334 g/mol. The standard InChI is InChI=1S/C16H14ClN3O4/c1-15-5-6-16(2,23-15)10-9(15)13(21)20(14(10)22)8-4-3-7(17)11-12(8)19-24-18-11/h3-4,9-10H,5-6H2,1-2H3/t9?,10?,15-,16-/m0/s1. The maximum Gasteiger partial charge on any atom is 0.240 e. The molecule has 7 nitrogen and oxygen atoms in total. The zero-order valence-electron chi connectivity index (χ0n) is 13.1. The summed E-state index contributed by atoms with van der Waals surface area (Å²) < 4.78 is 10.8. The molecule has 2 aromatic rings. The topological polar surface area (TPSA) is 85.5 Å². The van der Waals surface area contributed by atoms with Crippen LogP contribution in [0.3, 0.4) is 0 Å². The fourth-order valence-corrected chi connectivity index (χ4v) is 4.90. The number of anilines is 1. The number of rotatable bonds is 1. The number of carbonyl (C=O) groups excluding carboxylic acids is 2. The molecule has 2 amide bonds. The van der Waals surface area contributed by atoms with E-state index < -0.39 is 23.0 Å². The highest BCUT2D eigenvalue weighted by atomic mass is 35.5. The zero-order valence-corrected chi connectivity index (χ0v) is 13.8. The second-order valence-electron chi connectivity index (χ2n) is 7.22. The van der Waals surface area contributed by atoms with Crippen LogP contribution in [0.5, 0.6) is 0 Å². The van der Waals surface area contributed by atoms with E-state index in [9.17, 15) is 9.59 Å². The molecule has 0 aliphatic carbocycles. The summed E-state index contributed by atoms with van der Waals surface area (Å²) in [5.74, 6) is -1.42. The molecule has 3 aliphatic heterocycles. The first-order valence-electron chi connectivity index (χ1n) is 7.84. The van der Waals surface area contributed by atoms with Crippen LogP contribution in [-0.4, -0.2) is 33.3 Å². The van der Waals surface area contributed by atoms with Crippen molar-refractivity contribution < 1.29 is 19.0 Å². The summed E-state index contributed by atoms with van der Waals surface area (Å²) >= 11 is 6.08.